The Labute approximate surface area is 151 Å². The van der Waals surface area contributed by atoms with Crippen LogP contribution in [0, 0.1) is 5.92 Å². The number of hydrogen-bond acceptors (Lipinski definition) is 7. The van der Waals surface area contributed by atoms with Gasteiger partial charge in [0.1, 0.15) is 5.75 Å². The Bertz CT molecular complexity index is 871. The van der Waals surface area contributed by atoms with Crippen LogP contribution in [0.2, 0.25) is 0 Å². The SMILES string of the molecule is COc1ccc(-n2nnc3cnc(NC4CCC(CO)CC4)nc32)cc1. The monoisotopic (exact) mass is 354 g/mol. The highest BCUT2D eigenvalue weighted by molar-refractivity contribution is 5.72. The molecule has 2 aromatic heterocycles. The van der Waals surface area contributed by atoms with E-state index in [0.29, 0.717) is 29.1 Å². The largest absolute Gasteiger partial charge is 0.497 e. The molecule has 3 aromatic rings. The van der Waals surface area contributed by atoms with Crippen molar-refractivity contribution in [3.63, 3.8) is 0 Å². The first-order chi connectivity index (χ1) is 12.8. The van der Waals surface area contributed by atoms with Gasteiger partial charge in [-0.25, -0.2) is 4.98 Å². The zero-order valence-electron chi connectivity index (χ0n) is 14.7. The molecule has 0 bridgehead atoms. The van der Waals surface area contributed by atoms with Crippen LogP contribution in [-0.2, 0) is 0 Å². The molecule has 26 heavy (non-hydrogen) atoms. The molecule has 0 unspecified atom stereocenters. The van der Waals surface area contributed by atoms with E-state index in [1.807, 2.05) is 24.3 Å². The van der Waals surface area contributed by atoms with Crippen LogP contribution >= 0.6 is 0 Å². The number of anilines is 1. The quantitative estimate of drug-likeness (QED) is 0.724. The number of aliphatic hydroxyl groups is 1. The lowest BCUT2D eigenvalue weighted by Crippen LogP contribution is -2.28. The molecule has 0 spiro atoms. The lowest BCUT2D eigenvalue weighted by Gasteiger charge is -2.27. The first-order valence-electron chi connectivity index (χ1n) is 8.87. The highest BCUT2D eigenvalue weighted by atomic mass is 16.5. The minimum atomic E-state index is 0.280. The lowest BCUT2D eigenvalue weighted by molar-refractivity contribution is 0.185. The number of nitrogens with zero attached hydrogens (tertiary/aromatic N) is 5. The van der Waals surface area contributed by atoms with E-state index in [2.05, 4.69) is 25.6 Å². The highest BCUT2D eigenvalue weighted by Crippen LogP contribution is 2.26. The number of methoxy groups -OCH3 is 1. The zero-order valence-corrected chi connectivity index (χ0v) is 14.7. The molecule has 2 N–H and O–H groups in total. The molecule has 136 valence electrons. The van der Waals surface area contributed by atoms with Crippen molar-refractivity contribution < 1.29 is 9.84 Å². The third-order valence-corrected chi connectivity index (χ3v) is 4.95. The predicted molar refractivity (Wildman–Crippen MR) is 97.5 cm³/mol. The Balaban J connectivity index is 1.56. The Hall–Kier alpha value is -2.74. The molecule has 8 heteroatoms. The van der Waals surface area contributed by atoms with Gasteiger partial charge in [0.2, 0.25) is 5.95 Å². The van der Waals surface area contributed by atoms with Crippen LogP contribution in [0.3, 0.4) is 0 Å². The molecule has 0 atom stereocenters. The van der Waals surface area contributed by atoms with E-state index in [9.17, 15) is 5.11 Å². The van der Waals surface area contributed by atoms with Crippen molar-refractivity contribution in [2.45, 2.75) is 31.7 Å². The third-order valence-electron chi connectivity index (χ3n) is 4.95. The van der Waals surface area contributed by atoms with Crippen LogP contribution < -0.4 is 10.1 Å². The lowest BCUT2D eigenvalue weighted by atomic mass is 9.87. The fraction of sp³-hybridized carbons (Fsp3) is 0.444. The molecule has 0 saturated heterocycles. The number of aromatic nitrogens is 5. The van der Waals surface area contributed by atoms with Crippen LogP contribution in [0.4, 0.5) is 5.95 Å². The number of hydrogen-bond donors (Lipinski definition) is 2. The molecule has 0 radical (unpaired) electrons. The Morgan fingerprint density at radius 3 is 2.65 bits per heavy atom. The van der Waals surface area contributed by atoms with Crippen LogP contribution in [0.25, 0.3) is 16.9 Å². The molecule has 2 heterocycles. The van der Waals surface area contributed by atoms with Crippen molar-refractivity contribution in [2.75, 3.05) is 19.0 Å². The van der Waals surface area contributed by atoms with Gasteiger partial charge >= 0.3 is 0 Å². The van der Waals surface area contributed by atoms with Gasteiger partial charge < -0.3 is 15.2 Å². The maximum absolute atomic E-state index is 9.26. The molecule has 1 aliphatic rings. The smallest absolute Gasteiger partial charge is 0.225 e. The minimum Gasteiger partial charge on any atom is -0.497 e. The standard InChI is InChI=1S/C18H22N6O2/c1-26-15-8-6-14(7-9-15)24-17-16(22-23-24)10-19-18(21-17)20-13-4-2-12(11-25)3-5-13/h6-10,12-13,25H,2-5,11H2,1H3,(H,19,20,21). The van der Waals surface area contributed by atoms with Crippen molar-refractivity contribution in [1.29, 1.82) is 0 Å². The van der Waals surface area contributed by atoms with Gasteiger partial charge in [-0.1, -0.05) is 5.21 Å². The van der Waals surface area contributed by atoms with Crippen LogP contribution in [-0.4, -0.2) is 49.8 Å². The van der Waals surface area contributed by atoms with Gasteiger partial charge in [-0.15, -0.1) is 5.10 Å². The number of fused-ring (bicyclic) bond motifs is 1. The maximum atomic E-state index is 9.26. The molecule has 1 aromatic carbocycles. The fourth-order valence-corrected chi connectivity index (χ4v) is 3.37. The van der Waals surface area contributed by atoms with Crippen LogP contribution in [0.1, 0.15) is 25.7 Å². The number of rotatable bonds is 5. The summed E-state index contributed by atoms with van der Waals surface area (Å²) < 4.78 is 6.90. The minimum absolute atomic E-state index is 0.280. The summed E-state index contributed by atoms with van der Waals surface area (Å²) >= 11 is 0. The molecule has 8 nitrogen and oxygen atoms in total. The van der Waals surface area contributed by atoms with Gasteiger partial charge in [0.25, 0.3) is 0 Å². The van der Waals surface area contributed by atoms with Gasteiger partial charge in [0, 0.05) is 12.6 Å². The van der Waals surface area contributed by atoms with E-state index in [1.165, 1.54) is 0 Å². The second-order valence-electron chi connectivity index (χ2n) is 6.65. The summed E-state index contributed by atoms with van der Waals surface area (Å²) in [6.45, 7) is 0.280. The van der Waals surface area contributed by atoms with Crippen molar-refractivity contribution in [1.82, 2.24) is 25.0 Å². The van der Waals surface area contributed by atoms with Crippen molar-refractivity contribution in [3.8, 4) is 11.4 Å². The average molecular weight is 354 g/mol. The van der Waals surface area contributed by atoms with Gasteiger partial charge in [0.15, 0.2) is 11.2 Å². The van der Waals surface area contributed by atoms with E-state index in [-0.39, 0.29) is 6.61 Å². The summed E-state index contributed by atoms with van der Waals surface area (Å²) in [6, 6.07) is 7.92. The Morgan fingerprint density at radius 2 is 1.96 bits per heavy atom. The second kappa shape index (κ2) is 7.25. The summed E-state index contributed by atoms with van der Waals surface area (Å²) in [5, 5.41) is 21.0. The molecular formula is C18H22N6O2. The summed E-state index contributed by atoms with van der Waals surface area (Å²) in [6.07, 6.45) is 5.78. The summed E-state index contributed by atoms with van der Waals surface area (Å²) in [5.74, 6) is 1.80. The van der Waals surface area contributed by atoms with E-state index in [1.54, 1.807) is 18.0 Å². The van der Waals surface area contributed by atoms with Gasteiger partial charge in [0.05, 0.1) is 19.0 Å². The van der Waals surface area contributed by atoms with Crippen molar-refractivity contribution in [2.24, 2.45) is 5.92 Å². The normalized spacial score (nSPS) is 20.2. The Kier molecular flexibility index (Phi) is 4.66. The van der Waals surface area contributed by atoms with E-state index in [0.717, 1.165) is 37.1 Å². The maximum Gasteiger partial charge on any atom is 0.225 e. The van der Waals surface area contributed by atoms with Gasteiger partial charge in [-0.05, 0) is 55.9 Å². The molecular weight excluding hydrogens is 332 g/mol. The van der Waals surface area contributed by atoms with E-state index in [4.69, 9.17) is 4.74 Å². The highest BCUT2D eigenvalue weighted by Gasteiger charge is 2.21. The van der Waals surface area contributed by atoms with Crippen molar-refractivity contribution >= 4 is 17.1 Å². The second-order valence-corrected chi connectivity index (χ2v) is 6.65. The van der Waals surface area contributed by atoms with Crippen molar-refractivity contribution in [3.05, 3.63) is 30.5 Å². The number of ether oxygens (including phenoxy) is 1. The predicted octanol–water partition coefficient (Wildman–Crippen LogP) is 2.18. The molecule has 0 aliphatic heterocycles. The molecule has 1 fully saturated rings. The third kappa shape index (κ3) is 3.32. The Morgan fingerprint density at radius 1 is 1.19 bits per heavy atom. The summed E-state index contributed by atoms with van der Waals surface area (Å²) in [7, 11) is 1.64. The molecule has 0 amide bonds. The first-order valence-corrected chi connectivity index (χ1v) is 8.87. The van der Waals surface area contributed by atoms with Gasteiger partial charge in [-0.2, -0.15) is 9.67 Å². The molecule has 1 aliphatic carbocycles. The number of benzene rings is 1. The first kappa shape index (κ1) is 16.7. The topological polar surface area (TPSA) is 98.0 Å². The summed E-state index contributed by atoms with van der Waals surface area (Å²) in [4.78, 5) is 8.99. The van der Waals surface area contributed by atoms with E-state index < -0.39 is 0 Å². The van der Waals surface area contributed by atoms with Gasteiger partial charge in [-0.3, -0.25) is 0 Å². The van der Waals surface area contributed by atoms with E-state index >= 15 is 0 Å². The zero-order chi connectivity index (χ0) is 17.9. The molecule has 4 rings (SSSR count). The molecule has 1 saturated carbocycles. The number of aliphatic hydroxyl groups excluding tert-OH is 1. The average Bonchev–Trinajstić information content (AvgIpc) is 3.12. The number of nitrogens with one attached hydrogen (secondary N) is 1. The van der Waals surface area contributed by atoms with Crippen LogP contribution in [0.15, 0.2) is 30.5 Å². The summed E-state index contributed by atoms with van der Waals surface area (Å²) in [5.41, 5.74) is 2.17. The fourth-order valence-electron chi connectivity index (χ4n) is 3.37. The van der Waals surface area contributed by atoms with Crippen LogP contribution in [0.5, 0.6) is 5.75 Å².